The summed E-state index contributed by atoms with van der Waals surface area (Å²) in [7, 11) is 0. The molecule has 0 saturated heterocycles. The Bertz CT molecular complexity index is 399. The molecule has 1 N–H and O–H groups in total. The number of rotatable bonds is 5. The Hall–Kier alpha value is -1.02. The van der Waals surface area contributed by atoms with Crippen LogP contribution in [0.25, 0.3) is 0 Å². The summed E-state index contributed by atoms with van der Waals surface area (Å²) >= 11 is 3.14. The molecular weight excluding hydrogens is 290 g/mol. The molecule has 0 aliphatic heterocycles. The van der Waals surface area contributed by atoms with Crippen LogP contribution in [0.5, 0.6) is 0 Å². The van der Waals surface area contributed by atoms with Gasteiger partial charge in [-0.2, -0.15) is 4.68 Å². The molecule has 96 valence electrons. The van der Waals surface area contributed by atoms with Crippen LogP contribution >= 0.6 is 15.9 Å². The molecule has 0 unspecified atom stereocenters. The molecule has 1 rings (SSSR count). The Morgan fingerprint density at radius 2 is 2.18 bits per heavy atom. The summed E-state index contributed by atoms with van der Waals surface area (Å²) < 4.78 is 1.88. The van der Waals surface area contributed by atoms with Crippen LogP contribution in [0.4, 0.5) is 5.95 Å². The van der Waals surface area contributed by atoms with Crippen molar-refractivity contribution in [2.45, 2.75) is 39.3 Å². The zero-order valence-electron chi connectivity index (χ0n) is 10.1. The molecule has 0 aliphatic carbocycles. The number of halogens is 1. The molecular formula is C9H16BrN5O2. The van der Waals surface area contributed by atoms with Gasteiger partial charge in [0.25, 0.3) is 4.73 Å². The van der Waals surface area contributed by atoms with Gasteiger partial charge in [-0.3, -0.25) is 0 Å². The van der Waals surface area contributed by atoms with Gasteiger partial charge in [0, 0.05) is 26.6 Å². The molecule has 0 saturated carbocycles. The molecule has 0 fully saturated rings. The van der Waals surface area contributed by atoms with Gasteiger partial charge < -0.3 is 15.4 Å². The van der Waals surface area contributed by atoms with Crippen molar-refractivity contribution in [3.8, 4) is 0 Å². The molecule has 1 heterocycles. The van der Waals surface area contributed by atoms with Crippen LogP contribution in [0.3, 0.4) is 0 Å². The van der Waals surface area contributed by atoms with Crippen LogP contribution in [0.1, 0.15) is 27.2 Å². The van der Waals surface area contributed by atoms with E-state index in [1.54, 1.807) is 0 Å². The molecule has 0 bridgehead atoms. The molecule has 0 amide bonds. The highest BCUT2D eigenvalue weighted by atomic mass is 79.9. The van der Waals surface area contributed by atoms with Crippen molar-refractivity contribution in [1.82, 2.24) is 20.1 Å². The van der Waals surface area contributed by atoms with Crippen molar-refractivity contribution in [3.05, 3.63) is 14.8 Å². The third-order valence-electron chi connectivity index (χ3n) is 1.98. The quantitative estimate of drug-likeness (QED) is 0.508. The van der Waals surface area contributed by atoms with Gasteiger partial charge in [0.05, 0.1) is 6.54 Å². The van der Waals surface area contributed by atoms with Crippen molar-refractivity contribution in [2.24, 2.45) is 0 Å². The first-order valence-electron chi connectivity index (χ1n) is 5.29. The van der Waals surface area contributed by atoms with Crippen molar-refractivity contribution in [1.29, 1.82) is 0 Å². The van der Waals surface area contributed by atoms with Gasteiger partial charge in [0.15, 0.2) is 0 Å². The average Bonchev–Trinajstić information content (AvgIpc) is 2.54. The number of nitro groups is 1. The average molecular weight is 306 g/mol. The number of nitrogens with zero attached hydrogens (tertiary/aromatic N) is 4. The standard InChI is InChI=1S/C9H16BrN5O2/c1-9(2,3)11-5-4-6-14-7(10)12-8(13-14)15(16)17/h11H,4-6H2,1-3H3. The van der Waals surface area contributed by atoms with E-state index in [4.69, 9.17) is 0 Å². The number of nitrogens with one attached hydrogen (secondary N) is 1. The molecule has 1 aromatic rings. The summed E-state index contributed by atoms with van der Waals surface area (Å²) in [5.41, 5.74) is 0.0750. The molecule has 0 aromatic carbocycles. The van der Waals surface area contributed by atoms with Gasteiger partial charge in [0.2, 0.25) is 0 Å². The molecule has 0 spiro atoms. The van der Waals surface area contributed by atoms with Gasteiger partial charge in [0.1, 0.15) is 0 Å². The summed E-state index contributed by atoms with van der Waals surface area (Å²) in [5.74, 6) is -0.374. The van der Waals surface area contributed by atoms with E-state index in [1.807, 2.05) is 0 Å². The lowest BCUT2D eigenvalue weighted by molar-refractivity contribution is -0.394. The second-order valence-corrected chi connectivity index (χ2v) is 5.40. The highest BCUT2D eigenvalue weighted by molar-refractivity contribution is 9.10. The first kappa shape index (κ1) is 14.0. The zero-order chi connectivity index (χ0) is 13.1. The van der Waals surface area contributed by atoms with E-state index in [-0.39, 0.29) is 11.5 Å². The fraction of sp³-hybridized carbons (Fsp3) is 0.778. The second-order valence-electron chi connectivity index (χ2n) is 4.69. The summed E-state index contributed by atoms with van der Waals surface area (Å²) in [5, 5.41) is 17.6. The molecule has 7 nitrogen and oxygen atoms in total. The van der Waals surface area contributed by atoms with Crippen molar-refractivity contribution >= 4 is 21.9 Å². The lowest BCUT2D eigenvalue weighted by atomic mass is 10.1. The molecule has 0 atom stereocenters. The van der Waals surface area contributed by atoms with Crippen molar-refractivity contribution in [3.63, 3.8) is 0 Å². The predicted molar refractivity (Wildman–Crippen MR) is 66.7 cm³/mol. The zero-order valence-corrected chi connectivity index (χ0v) is 11.7. The number of aryl methyl sites for hydroxylation is 1. The highest BCUT2D eigenvalue weighted by Gasteiger charge is 2.19. The van der Waals surface area contributed by atoms with Crippen LogP contribution in [0, 0.1) is 10.1 Å². The fourth-order valence-corrected chi connectivity index (χ4v) is 1.64. The molecule has 8 heteroatoms. The maximum Gasteiger partial charge on any atom is 0.492 e. The van der Waals surface area contributed by atoms with Gasteiger partial charge in [-0.25, -0.2) is 0 Å². The Balaban J connectivity index is 2.44. The van der Waals surface area contributed by atoms with E-state index in [2.05, 4.69) is 52.1 Å². The normalized spacial score (nSPS) is 11.8. The van der Waals surface area contributed by atoms with E-state index in [1.165, 1.54) is 4.68 Å². The number of aromatic nitrogens is 3. The van der Waals surface area contributed by atoms with E-state index in [9.17, 15) is 10.1 Å². The summed E-state index contributed by atoms with van der Waals surface area (Å²) in [6.07, 6.45) is 0.830. The third kappa shape index (κ3) is 4.78. The Morgan fingerprint density at radius 1 is 1.53 bits per heavy atom. The van der Waals surface area contributed by atoms with E-state index < -0.39 is 4.92 Å². The van der Waals surface area contributed by atoms with E-state index in [0.717, 1.165) is 13.0 Å². The van der Waals surface area contributed by atoms with Gasteiger partial charge >= 0.3 is 5.95 Å². The Kier molecular flexibility index (Phi) is 4.58. The van der Waals surface area contributed by atoms with Crippen LogP contribution in [0.2, 0.25) is 0 Å². The van der Waals surface area contributed by atoms with Crippen LogP contribution < -0.4 is 5.32 Å². The fourth-order valence-electron chi connectivity index (χ4n) is 1.22. The van der Waals surface area contributed by atoms with Crippen LogP contribution in [-0.4, -0.2) is 31.8 Å². The Morgan fingerprint density at radius 3 is 2.65 bits per heavy atom. The predicted octanol–water partition coefficient (Wildman–Crippen LogP) is 1.73. The molecule has 0 radical (unpaired) electrons. The van der Waals surface area contributed by atoms with Gasteiger partial charge in [-0.1, -0.05) is 0 Å². The number of hydrogen-bond acceptors (Lipinski definition) is 5. The second kappa shape index (κ2) is 5.54. The first-order chi connectivity index (χ1) is 7.79. The lowest BCUT2D eigenvalue weighted by Crippen LogP contribution is -2.36. The Labute approximate surface area is 108 Å². The minimum absolute atomic E-state index is 0.0750. The van der Waals surface area contributed by atoms with Gasteiger partial charge in [-0.05, 0) is 43.6 Å². The minimum atomic E-state index is -0.603. The summed E-state index contributed by atoms with van der Waals surface area (Å²) in [6, 6.07) is 0. The maximum absolute atomic E-state index is 10.5. The first-order valence-corrected chi connectivity index (χ1v) is 6.08. The van der Waals surface area contributed by atoms with Crippen molar-refractivity contribution < 1.29 is 4.92 Å². The minimum Gasteiger partial charge on any atom is -0.390 e. The van der Waals surface area contributed by atoms with Crippen LogP contribution in [-0.2, 0) is 6.54 Å². The summed E-state index contributed by atoms with van der Waals surface area (Å²) in [6.45, 7) is 7.67. The van der Waals surface area contributed by atoms with Crippen LogP contribution in [0.15, 0.2) is 4.73 Å². The highest BCUT2D eigenvalue weighted by Crippen LogP contribution is 2.12. The number of hydrogen-bond donors (Lipinski definition) is 1. The SMILES string of the molecule is CC(C)(C)NCCCn1nc([N+](=O)[O-])nc1Br. The monoisotopic (exact) mass is 305 g/mol. The largest absolute Gasteiger partial charge is 0.492 e. The maximum atomic E-state index is 10.5. The molecule has 17 heavy (non-hydrogen) atoms. The van der Waals surface area contributed by atoms with Crippen molar-refractivity contribution in [2.75, 3.05) is 6.54 Å². The lowest BCUT2D eigenvalue weighted by Gasteiger charge is -2.20. The molecule has 0 aliphatic rings. The summed E-state index contributed by atoms with van der Waals surface area (Å²) in [4.78, 5) is 13.5. The smallest absolute Gasteiger partial charge is 0.390 e. The van der Waals surface area contributed by atoms with E-state index >= 15 is 0 Å². The molecule has 1 aromatic heterocycles. The van der Waals surface area contributed by atoms with E-state index in [0.29, 0.717) is 11.3 Å². The topological polar surface area (TPSA) is 85.9 Å². The third-order valence-corrected chi connectivity index (χ3v) is 2.57. The van der Waals surface area contributed by atoms with Gasteiger partial charge in [-0.15, -0.1) is 0 Å².